The third-order valence-electron chi connectivity index (χ3n) is 2.41. The van der Waals surface area contributed by atoms with Gasteiger partial charge in [0.15, 0.2) is 0 Å². The Morgan fingerprint density at radius 3 is 2.55 bits per heavy atom. The Balaban J connectivity index is 3.33. The Hall–Kier alpha value is -2.14. The summed E-state index contributed by atoms with van der Waals surface area (Å²) in [5.74, 6) is -1.05. The summed E-state index contributed by atoms with van der Waals surface area (Å²) in [6.45, 7) is 0.298. The van der Waals surface area contributed by atoms with E-state index in [9.17, 15) is 19.7 Å². The number of carbonyl (C=O) groups excluding carboxylic acids is 1. The Kier molecular flexibility index (Phi) is 11.4. The number of hydrogen-bond acceptors (Lipinski definition) is 8. The third-order valence-corrected chi connectivity index (χ3v) is 2.41. The summed E-state index contributed by atoms with van der Waals surface area (Å²) < 4.78 is 9.69. The molecule has 0 aliphatic carbocycles. The second kappa shape index (κ2) is 12.6. The quantitative estimate of drug-likeness (QED) is 0.230. The molecule has 4 N–H and O–H groups in total. The second-order valence-electron chi connectivity index (χ2n) is 4.17. The van der Waals surface area contributed by atoms with Gasteiger partial charge in [0.1, 0.15) is 19.3 Å². The van der Waals surface area contributed by atoms with Crippen molar-refractivity contribution in [3.05, 3.63) is 10.1 Å². The van der Waals surface area contributed by atoms with Gasteiger partial charge >= 0.3 is 12.1 Å². The molecule has 1 amide bonds. The molecule has 11 nitrogen and oxygen atoms in total. The lowest BCUT2D eigenvalue weighted by Gasteiger charge is -2.08. The van der Waals surface area contributed by atoms with E-state index in [2.05, 4.69) is 10.2 Å². The van der Waals surface area contributed by atoms with Gasteiger partial charge in [0.2, 0.25) is 0 Å². The number of carboxylic acids is 1. The zero-order valence-corrected chi connectivity index (χ0v) is 12.1. The normalized spacial score (nSPS) is 11.5. The first kappa shape index (κ1) is 19.9. The molecule has 22 heavy (non-hydrogen) atoms. The van der Waals surface area contributed by atoms with Gasteiger partial charge in [-0.3, -0.25) is 4.79 Å². The van der Waals surface area contributed by atoms with E-state index in [0.717, 1.165) is 0 Å². The van der Waals surface area contributed by atoms with Crippen LogP contribution in [0.4, 0.5) is 4.79 Å². The molecular weight excluding hydrogens is 302 g/mol. The van der Waals surface area contributed by atoms with Crippen molar-refractivity contribution in [1.82, 2.24) is 5.32 Å². The molecule has 0 aliphatic rings. The van der Waals surface area contributed by atoms with Crippen LogP contribution in [0.2, 0.25) is 0 Å². The number of carboxylic acid groups (broad SMARTS) is 1. The number of hydrogen-bond donors (Lipinski definition) is 3. The number of alkyl carbamates (subject to hydrolysis) is 1. The molecule has 0 aromatic rings. The van der Waals surface area contributed by atoms with Gasteiger partial charge in [-0.05, 0) is 19.3 Å². The molecule has 0 aromatic heterocycles. The standard InChI is InChI=1S/C11H21N3O8/c12-9(10(15)16)3-1-2-4-13-11(17)21-7-5-20-6-8-22-14(18)19/h9H,1-8,12H2,(H,13,17)(H,15,16). The van der Waals surface area contributed by atoms with Gasteiger partial charge in [-0.25, -0.2) is 4.79 Å². The van der Waals surface area contributed by atoms with Crippen molar-refractivity contribution in [1.29, 1.82) is 0 Å². The summed E-state index contributed by atoms with van der Waals surface area (Å²) in [4.78, 5) is 35.5. The molecule has 0 fully saturated rings. The summed E-state index contributed by atoms with van der Waals surface area (Å²) in [6, 6.07) is -0.886. The molecule has 1 unspecified atom stereocenters. The fourth-order valence-electron chi connectivity index (χ4n) is 1.32. The second-order valence-corrected chi connectivity index (χ2v) is 4.17. The minimum atomic E-state index is -1.05. The lowest BCUT2D eigenvalue weighted by molar-refractivity contribution is -0.758. The molecule has 0 bridgehead atoms. The van der Waals surface area contributed by atoms with E-state index in [4.69, 9.17) is 20.3 Å². The van der Waals surface area contributed by atoms with Gasteiger partial charge in [0, 0.05) is 6.54 Å². The topological polar surface area (TPSA) is 163 Å². The van der Waals surface area contributed by atoms with Crippen LogP contribution in [0.1, 0.15) is 19.3 Å². The summed E-state index contributed by atoms with van der Waals surface area (Å²) in [7, 11) is 0. The zero-order chi connectivity index (χ0) is 16.8. The highest BCUT2D eigenvalue weighted by atomic mass is 17.0. The first-order valence-corrected chi connectivity index (χ1v) is 6.67. The first-order chi connectivity index (χ1) is 10.4. The lowest BCUT2D eigenvalue weighted by atomic mass is 10.1. The fourth-order valence-corrected chi connectivity index (χ4v) is 1.32. The van der Waals surface area contributed by atoms with Crippen molar-refractivity contribution < 1.29 is 34.1 Å². The number of rotatable bonds is 13. The molecule has 1 atom stereocenters. The number of amides is 1. The lowest BCUT2D eigenvalue weighted by Crippen LogP contribution is -2.30. The molecule has 0 saturated carbocycles. The summed E-state index contributed by atoms with van der Waals surface area (Å²) in [5.41, 5.74) is 5.32. The maximum Gasteiger partial charge on any atom is 0.407 e. The van der Waals surface area contributed by atoms with E-state index in [1.807, 2.05) is 0 Å². The average molecular weight is 323 g/mol. The zero-order valence-electron chi connectivity index (χ0n) is 12.1. The monoisotopic (exact) mass is 323 g/mol. The van der Waals surface area contributed by atoms with Crippen LogP contribution in [-0.4, -0.2) is 61.3 Å². The van der Waals surface area contributed by atoms with Gasteiger partial charge < -0.3 is 30.5 Å². The van der Waals surface area contributed by atoms with Crippen molar-refractivity contribution in [3.63, 3.8) is 0 Å². The van der Waals surface area contributed by atoms with Gasteiger partial charge in [-0.2, -0.15) is 0 Å². The number of nitrogens with zero attached hydrogens (tertiary/aromatic N) is 1. The highest BCUT2D eigenvalue weighted by molar-refractivity contribution is 5.72. The van der Waals surface area contributed by atoms with Gasteiger partial charge in [-0.15, -0.1) is 10.1 Å². The van der Waals surface area contributed by atoms with Crippen molar-refractivity contribution in [2.75, 3.05) is 33.0 Å². The highest BCUT2D eigenvalue weighted by Gasteiger charge is 2.10. The van der Waals surface area contributed by atoms with E-state index in [1.165, 1.54) is 0 Å². The van der Waals surface area contributed by atoms with E-state index < -0.39 is 23.2 Å². The molecule has 0 aliphatic heterocycles. The minimum Gasteiger partial charge on any atom is -0.480 e. The molecule has 128 valence electrons. The molecule has 0 spiro atoms. The van der Waals surface area contributed by atoms with E-state index in [0.29, 0.717) is 25.8 Å². The first-order valence-electron chi connectivity index (χ1n) is 6.67. The average Bonchev–Trinajstić information content (AvgIpc) is 2.45. The SMILES string of the molecule is NC(CCCCNC(=O)OCCOCCO[N+](=O)[O-])C(=O)O. The van der Waals surface area contributed by atoms with Crippen LogP contribution < -0.4 is 11.1 Å². The van der Waals surface area contributed by atoms with Crippen molar-refractivity contribution >= 4 is 12.1 Å². The van der Waals surface area contributed by atoms with Crippen LogP contribution in [0.5, 0.6) is 0 Å². The number of nitrogens with one attached hydrogen (secondary N) is 1. The van der Waals surface area contributed by atoms with Crippen molar-refractivity contribution in [3.8, 4) is 0 Å². The van der Waals surface area contributed by atoms with Crippen LogP contribution in [-0.2, 0) is 19.1 Å². The molecule has 0 aromatic carbocycles. The maximum atomic E-state index is 11.2. The van der Waals surface area contributed by atoms with E-state index >= 15 is 0 Å². The van der Waals surface area contributed by atoms with Gasteiger partial charge in [0.05, 0.1) is 13.2 Å². The van der Waals surface area contributed by atoms with E-state index in [-0.39, 0.29) is 26.4 Å². The predicted molar refractivity (Wildman–Crippen MR) is 72.6 cm³/mol. The fraction of sp³-hybridized carbons (Fsp3) is 0.818. The molecule has 11 heteroatoms. The summed E-state index contributed by atoms with van der Waals surface area (Å²) >= 11 is 0. The van der Waals surface area contributed by atoms with Gasteiger partial charge in [-0.1, -0.05) is 0 Å². The number of carbonyl (C=O) groups is 2. The Labute approximate surface area is 126 Å². The summed E-state index contributed by atoms with van der Waals surface area (Å²) in [6.07, 6.45) is 0.886. The van der Waals surface area contributed by atoms with Gasteiger partial charge in [0.25, 0.3) is 5.09 Å². The molecule has 0 heterocycles. The van der Waals surface area contributed by atoms with Crippen LogP contribution in [0.15, 0.2) is 0 Å². The maximum absolute atomic E-state index is 11.2. The number of aliphatic carboxylic acids is 1. The highest BCUT2D eigenvalue weighted by Crippen LogP contribution is 1.98. The molecular formula is C11H21N3O8. The van der Waals surface area contributed by atoms with Crippen molar-refractivity contribution in [2.24, 2.45) is 5.73 Å². The Morgan fingerprint density at radius 1 is 1.23 bits per heavy atom. The van der Waals surface area contributed by atoms with Crippen LogP contribution in [0.3, 0.4) is 0 Å². The molecule has 0 saturated heterocycles. The number of unbranched alkanes of at least 4 members (excludes halogenated alkanes) is 1. The molecule has 0 rings (SSSR count). The van der Waals surface area contributed by atoms with Crippen LogP contribution >= 0.6 is 0 Å². The van der Waals surface area contributed by atoms with E-state index in [1.54, 1.807) is 0 Å². The largest absolute Gasteiger partial charge is 0.480 e. The minimum absolute atomic E-state index is 0.00812. The smallest absolute Gasteiger partial charge is 0.407 e. The van der Waals surface area contributed by atoms with Crippen molar-refractivity contribution in [2.45, 2.75) is 25.3 Å². The Morgan fingerprint density at radius 2 is 1.91 bits per heavy atom. The third kappa shape index (κ3) is 12.9. The summed E-state index contributed by atoms with van der Waals surface area (Å²) in [5, 5.41) is 19.9. The van der Waals surface area contributed by atoms with Crippen LogP contribution in [0, 0.1) is 10.1 Å². The predicted octanol–water partition coefficient (Wildman–Crippen LogP) is -0.480. The number of ether oxygens (including phenoxy) is 2. The molecule has 0 radical (unpaired) electrons. The number of nitrogens with two attached hydrogens (primary N) is 1. The Bertz CT molecular complexity index is 352. The van der Waals surface area contributed by atoms with Crippen LogP contribution in [0.25, 0.3) is 0 Å².